The maximum Gasteiger partial charge on any atom is 0.159 e. The first kappa shape index (κ1) is 14.3. The Balaban J connectivity index is 1.97. The lowest BCUT2D eigenvalue weighted by molar-refractivity contribution is 0.586. The van der Waals surface area contributed by atoms with Crippen molar-refractivity contribution in [2.24, 2.45) is 0 Å². The average molecular weight is 303 g/mol. The van der Waals surface area contributed by atoms with E-state index in [0.29, 0.717) is 0 Å². The zero-order valence-corrected chi connectivity index (χ0v) is 13.1. The second-order valence-electron chi connectivity index (χ2n) is 5.31. The van der Waals surface area contributed by atoms with Gasteiger partial charge in [-0.05, 0) is 38.1 Å². The first-order valence-corrected chi connectivity index (χ1v) is 7.60. The van der Waals surface area contributed by atoms with Crippen molar-refractivity contribution in [1.29, 1.82) is 0 Å². The van der Waals surface area contributed by atoms with Crippen molar-refractivity contribution in [3.63, 3.8) is 0 Å². The predicted molar refractivity (Wildman–Crippen MR) is 87.0 cm³/mol. The van der Waals surface area contributed by atoms with Crippen LogP contribution in [-0.2, 0) is 0 Å². The van der Waals surface area contributed by atoms with E-state index in [1.165, 1.54) is 5.69 Å². The van der Waals surface area contributed by atoms with Crippen LogP contribution in [0.3, 0.4) is 0 Å². The largest absolute Gasteiger partial charge is 0.366 e. The van der Waals surface area contributed by atoms with Crippen molar-refractivity contribution >= 4 is 17.3 Å². The number of nitrogens with one attached hydrogen (secondary N) is 1. The Morgan fingerprint density at radius 1 is 1.00 bits per heavy atom. The highest BCUT2D eigenvalue weighted by molar-refractivity contribution is 6.30. The lowest BCUT2D eigenvalue weighted by Gasteiger charge is -2.31. The van der Waals surface area contributed by atoms with Crippen molar-refractivity contribution in [3.8, 4) is 11.4 Å². The number of piperazine rings is 1. The second-order valence-corrected chi connectivity index (χ2v) is 5.75. The van der Waals surface area contributed by atoms with Gasteiger partial charge in [0.25, 0.3) is 0 Å². The molecule has 2 heterocycles. The number of benzene rings is 1. The maximum absolute atomic E-state index is 5.94. The molecule has 0 unspecified atom stereocenters. The Morgan fingerprint density at radius 2 is 1.57 bits per heavy atom. The molecule has 1 aromatic heterocycles. The number of nitrogens with zero attached hydrogens (tertiary/aromatic N) is 3. The van der Waals surface area contributed by atoms with Crippen molar-refractivity contribution in [1.82, 2.24) is 15.3 Å². The zero-order chi connectivity index (χ0) is 14.8. The second kappa shape index (κ2) is 6.00. The summed E-state index contributed by atoms with van der Waals surface area (Å²) in [5.74, 6) is 0.764. The molecule has 0 aliphatic carbocycles. The third-order valence-electron chi connectivity index (χ3n) is 3.77. The fraction of sp³-hybridized carbons (Fsp3) is 0.375. The molecular formula is C16H19ClN4. The van der Waals surface area contributed by atoms with E-state index in [-0.39, 0.29) is 0 Å². The molecule has 0 saturated carbocycles. The third kappa shape index (κ3) is 3.01. The predicted octanol–water partition coefficient (Wildman–Crippen LogP) is 2.82. The minimum absolute atomic E-state index is 0.727. The molecule has 21 heavy (non-hydrogen) atoms. The SMILES string of the molecule is Cc1nc(-c2ccc(Cl)cc2)nc(C)c1N1CCNCC1. The summed E-state index contributed by atoms with van der Waals surface area (Å²) in [7, 11) is 0. The van der Waals surface area contributed by atoms with Gasteiger partial charge in [-0.1, -0.05) is 11.6 Å². The van der Waals surface area contributed by atoms with Crippen molar-refractivity contribution < 1.29 is 0 Å². The smallest absolute Gasteiger partial charge is 0.159 e. The van der Waals surface area contributed by atoms with E-state index in [2.05, 4.69) is 24.1 Å². The van der Waals surface area contributed by atoms with Gasteiger partial charge in [-0.25, -0.2) is 9.97 Å². The number of rotatable bonds is 2. The lowest BCUT2D eigenvalue weighted by atomic mass is 10.1. The van der Waals surface area contributed by atoms with Gasteiger partial charge in [0.2, 0.25) is 0 Å². The van der Waals surface area contributed by atoms with Crippen LogP contribution in [-0.4, -0.2) is 36.1 Å². The summed E-state index contributed by atoms with van der Waals surface area (Å²) in [6, 6.07) is 7.66. The average Bonchev–Trinajstić information content (AvgIpc) is 2.48. The quantitative estimate of drug-likeness (QED) is 0.926. The highest BCUT2D eigenvalue weighted by Crippen LogP contribution is 2.26. The van der Waals surface area contributed by atoms with Crippen LogP contribution in [0.15, 0.2) is 24.3 Å². The van der Waals surface area contributed by atoms with Gasteiger partial charge >= 0.3 is 0 Å². The number of hydrogen-bond acceptors (Lipinski definition) is 4. The highest BCUT2D eigenvalue weighted by Gasteiger charge is 2.18. The maximum atomic E-state index is 5.94. The summed E-state index contributed by atoms with van der Waals surface area (Å²) in [5.41, 5.74) is 4.25. The van der Waals surface area contributed by atoms with E-state index in [9.17, 15) is 0 Å². The first-order chi connectivity index (χ1) is 10.1. The van der Waals surface area contributed by atoms with Crippen LogP contribution in [0.25, 0.3) is 11.4 Å². The summed E-state index contributed by atoms with van der Waals surface area (Å²) >= 11 is 5.94. The normalized spacial score (nSPS) is 15.3. The van der Waals surface area contributed by atoms with Crippen molar-refractivity contribution in [3.05, 3.63) is 40.7 Å². The van der Waals surface area contributed by atoms with Crippen molar-refractivity contribution in [2.75, 3.05) is 31.1 Å². The van der Waals surface area contributed by atoms with Gasteiger partial charge in [0, 0.05) is 36.8 Å². The molecule has 110 valence electrons. The zero-order valence-electron chi connectivity index (χ0n) is 12.4. The summed E-state index contributed by atoms with van der Waals surface area (Å²) in [5, 5.41) is 4.10. The Hall–Kier alpha value is -1.65. The van der Waals surface area contributed by atoms with Gasteiger partial charge in [0.15, 0.2) is 5.82 Å². The molecule has 4 nitrogen and oxygen atoms in total. The van der Waals surface area contributed by atoms with Crippen LogP contribution < -0.4 is 10.2 Å². The Labute approximate surface area is 130 Å². The molecule has 1 aromatic carbocycles. The van der Waals surface area contributed by atoms with Crippen LogP contribution in [0.4, 0.5) is 5.69 Å². The van der Waals surface area contributed by atoms with E-state index in [1.807, 2.05) is 24.3 Å². The molecule has 0 atom stereocenters. The Bertz CT molecular complexity index is 610. The summed E-state index contributed by atoms with van der Waals surface area (Å²) < 4.78 is 0. The van der Waals surface area contributed by atoms with Gasteiger partial charge in [-0.15, -0.1) is 0 Å². The number of anilines is 1. The van der Waals surface area contributed by atoms with Gasteiger partial charge in [-0.3, -0.25) is 0 Å². The summed E-state index contributed by atoms with van der Waals surface area (Å²) in [6.45, 7) is 8.16. The molecule has 1 fully saturated rings. The molecule has 2 aromatic rings. The molecule has 3 rings (SSSR count). The van der Waals surface area contributed by atoms with Crippen LogP contribution in [0.1, 0.15) is 11.4 Å². The van der Waals surface area contributed by atoms with Gasteiger partial charge < -0.3 is 10.2 Å². The summed E-state index contributed by atoms with van der Waals surface area (Å²) in [6.07, 6.45) is 0. The van der Waals surface area contributed by atoms with E-state index in [1.54, 1.807) is 0 Å². The molecule has 0 amide bonds. The third-order valence-corrected chi connectivity index (χ3v) is 4.02. The number of halogens is 1. The fourth-order valence-electron chi connectivity index (χ4n) is 2.78. The molecule has 0 radical (unpaired) electrons. The standard InChI is InChI=1S/C16H19ClN4/c1-11-15(21-9-7-18-8-10-21)12(2)20-16(19-11)13-3-5-14(17)6-4-13/h3-6,18H,7-10H2,1-2H3. The minimum Gasteiger partial charge on any atom is -0.366 e. The van der Waals surface area contributed by atoms with Crippen molar-refractivity contribution in [2.45, 2.75) is 13.8 Å². The van der Waals surface area contributed by atoms with Crippen LogP contribution in [0, 0.1) is 13.8 Å². The highest BCUT2D eigenvalue weighted by atomic mass is 35.5. The van der Waals surface area contributed by atoms with Gasteiger partial charge in [0.1, 0.15) is 0 Å². The van der Waals surface area contributed by atoms with Crippen LogP contribution >= 0.6 is 11.6 Å². The molecule has 1 aliphatic rings. The van der Waals surface area contributed by atoms with Crippen LogP contribution in [0.5, 0.6) is 0 Å². The topological polar surface area (TPSA) is 41.1 Å². The fourth-order valence-corrected chi connectivity index (χ4v) is 2.91. The Kier molecular flexibility index (Phi) is 4.08. The molecule has 1 aliphatic heterocycles. The molecule has 5 heteroatoms. The molecule has 1 N–H and O–H groups in total. The lowest BCUT2D eigenvalue weighted by Crippen LogP contribution is -2.44. The van der Waals surface area contributed by atoms with Gasteiger partial charge in [-0.2, -0.15) is 0 Å². The monoisotopic (exact) mass is 302 g/mol. The van der Waals surface area contributed by atoms with Crippen LogP contribution in [0.2, 0.25) is 5.02 Å². The molecule has 0 spiro atoms. The minimum atomic E-state index is 0.727. The first-order valence-electron chi connectivity index (χ1n) is 7.22. The Morgan fingerprint density at radius 3 is 2.14 bits per heavy atom. The molecule has 0 bridgehead atoms. The number of aromatic nitrogens is 2. The van der Waals surface area contributed by atoms with Gasteiger partial charge in [0.05, 0.1) is 17.1 Å². The molecular weight excluding hydrogens is 284 g/mol. The van der Waals surface area contributed by atoms with E-state index < -0.39 is 0 Å². The van der Waals surface area contributed by atoms with E-state index in [4.69, 9.17) is 21.6 Å². The van der Waals surface area contributed by atoms with E-state index in [0.717, 1.165) is 54.0 Å². The molecule has 1 saturated heterocycles. The summed E-state index contributed by atoms with van der Waals surface area (Å²) in [4.78, 5) is 11.8. The van der Waals surface area contributed by atoms with E-state index >= 15 is 0 Å². The number of hydrogen-bond donors (Lipinski definition) is 1. The number of aryl methyl sites for hydroxylation is 2.